The number of carbonyl (C=O) groups excluding carboxylic acids is 1. The normalized spacial score (nSPS) is 20.4. The number of methoxy groups -OCH3 is 1. The molecule has 1 aliphatic rings. The van der Waals surface area contributed by atoms with E-state index in [4.69, 9.17) is 9.16 Å². The monoisotopic (exact) mass is 623 g/mol. The van der Waals surface area contributed by atoms with Gasteiger partial charge in [-0.1, -0.05) is 118 Å². The molecule has 238 valence electrons. The average Bonchev–Trinajstić information content (AvgIpc) is 3.02. The summed E-state index contributed by atoms with van der Waals surface area (Å²) in [6.07, 6.45) is 13.4. The van der Waals surface area contributed by atoms with Crippen LogP contribution in [0.1, 0.15) is 72.3 Å². The van der Waals surface area contributed by atoms with Gasteiger partial charge in [0, 0.05) is 23.7 Å². The summed E-state index contributed by atoms with van der Waals surface area (Å²) in [5, 5.41) is 16.4. The van der Waals surface area contributed by atoms with E-state index in [9.17, 15) is 9.90 Å². The van der Waals surface area contributed by atoms with E-state index in [0.29, 0.717) is 29.0 Å². The standard InChI is InChI=1S/C39H49NO4Si/c1-29-18-10-7-11-20-31(44-45(39(3,4)5,32-22-12-8-13-23-32)33-24-14-9-15-25-33)21-17-16-19-30(2)38(42)40-35-26-27-36(43-6)34(28-29)37(35)41/h8-9,12-19,22-27,31,41H,7,10-11,20-21,28H2,1-6H3,(H,40,42)/b17-16-,29-18+,30-19+. The maximum atomic E-state index is 13.1. The van der Waals surface area contributed by atoms with Crippen LogP contribution in [-0.2, 0) is 15.6 Å². The van der Waals surface area contributed by atoms with Crippen molar-refractivity contribution in [2.75, 3.05) is 12.4 Å². The van der Waals surface area contributed by atoms with Crippen molar-refractivity contribution in [2.24, 2.45) is 0 Å². The number of phenols is 1. The Hall–Kier alpha value is -3.87. The molecule has 5 nitrogen and oxygen atoms in total. The molecule has 0 saturated carbocycles. The number of fused-ring (bicyclic) bond motifs is 2. The number of carbonyl (C=O) groups is 1. The highest BCUT2D eigenvalue weighted by atomic mass is 28.4. The van der Waals surface area contributed by atoms with Crippen LogP contribution in [0.25, 0.3) is 0 Å². The Bertz CT molecular complexity index is 1480. The van der Waals surface area contributed by atoms with E-state index in [-0.39, 0.29) is 22.8 Å². The van der Waals surface area contributed by atoms with E-state index in [1.165, 1.54) is 10.4 Å². The fraction of sp³-hybridized carbons (Fsp3) is 0.359. The molecule has 0 saturated heterocycles. The van der Waals surface area contributed by atoms with Gasteiger partial charge in [-0.25, -0.2) is 0 Å². The predicted molar refractivity (Wildman–Crippen MR) is 189 cm³/mol. The van der Waals surface area contributed by atoms with E-state index in [1.807, 2.05) is 12.2 Å². The van der Waals surface area contributed by atoms with E-state index in [0.717, 1.165) is 37.7 Å². The number of aromatic hydroxyl groups is 1. The highest BCUT2D eigenvalue weighted by molar-refractivity contribution is 6.99. The lowest BCUT2D eigenvalue weighted by Crippen LogP contribution is -2.67. The van der Waals surface area contributed by atoms with Crippen LogP contribution in [0.15, 0.2) is 108 Å². The number of benzene rings is 3. The van der Waals surface area contributed by atoms with Gasteiger partial charge in [-0.05, 0) is 67.1 Å². The first-order chi connectivity index (χ1) is 21.6. The number of nitrogens with one attached hydrogen (secondary N) is 1. The molecule has 45 heavy (non-hydrogen) atoms. The molecule has 0 aliphatic carbocycles. The number of phenolic OH excluding ortho intramolecular Hbond substituents is 1. The number of hydrogen-bond donors (Lipinski definition) is 2. The second-order valence-corrected chi connectivity index (χ2v) is 17.3. The fourth-order valence-electron chi connectivity index (χ4n) is 6.20. The third kappa shape index (κ3) is 8.24. The van der Waals surface area contributed by atoms with Crippen molar-refractivity contribution in [1.29, 1.82) is 0 Å². The Morgan fingerprint density at radius 2 is 1.56 bits per heavy atom. The zero-order chi connectivity index (χ0) is 32.5. The van der Waals surface area contributed by atoms with Crippen molar-refractivity contribution in [3.8, 4) is 11.5 Å². The van der Waals surface area contributed by atoms with Crippen LogP contribution in [0.5, 0.6) is 11.5 Å². The summed E-state index contributed by atoms with van der Waals surface area (Å²) in [4.78, 5) is 13.1. The van der Waals surface area contributed by atoms with E-state index < -0.39 is 8.32 Å². The van der Waals surface area contributed by atoms with Crippen LogP contribution in [-0.4, -0.2) is 32.5 Å². The van der Waals surface area contributed by atoms with Crippen molar-refractivity contribution in [2.45, 2.75) is 84.3 Å². The van der Waals surface area contributed by atoms with Crippen LogP contribution in [0, 0.1) is 0 Å². The molecule has 0 fully saturated rings. The quantitative estimate of drug-likeness (QED) is 0.171. The fourth-order valence-corrected chi connectivity index (χ4v) is 10.9. The molecular weight excluding hydrogens is 575 g/mol. The van der Waals surface area contributed by atoms with Gasteiger partial charge in [0.05, 0.1) is 12.8 Å². The average molecular weight is 624 g/mol. The molecule has 0 spiro atoms. The largest absolute Gasteiger partial charge is 0.505 e. The second-order valence-electron chi connectivity index (χ2n) is 13.0. The lowest BCUT2D eigenvalue weighted by molar-refractivity contribution is -0.112. The van der Waals surface area contributed by atoms with Gasteiger partial charge in [-0.3, -0.25) is 4.79 Å². The van der Waals surface area contributed by atoms with E-state index in [1.54, 1.807) is 26.2 Å². The third-order valence-corrected chi connectivity index (χ3v) is 13.7. The van der Waals surface area contributed by atoms with Crippen LogP contribution >= 0.6 is 0 Å². The van der Waals surface area contributed by atoms with Crippen molar-refractivity contribution in [3.63, 3.8) is 0 Å². The highest BCUT2D eigenvalue weighted by Crippen LogP contribution is 2.39. The zero-order valence-corrected chi connectivity index (χ0v) is 28.7. The number of ether oxygens (including phenoxy) is 1. The van der Waals surface area contributed by atoms with Crippen LogP contribution in [0.4, 0.5) is 5.69 Å². The van der Waals surface area contributed by atoms with E-state index >= 15 is 0 Å². The van der Waals surface area contributed by atoms with Crippen molar-refractivity contribution in [3.05, 3.63) is 114 Å². The summed E-state index contributed by atoms with van der Waals surface area (Å²) in [7, 11) is -1.12. The number of allylic oxidation sites excluding steroid dienone is 4. The van der Waals surface area contributed by atoms with Gasteiger partial charge >= 0.3 is 0 Å². The Kier molecular flexibility index (Phi) is 11.7. The first-order valence-electron chi connectivity index (χ1n) is 16.0. The Morgan fingerprint density at radius 1 is 0.911 bits per heavy atom. The van der Waals surface area contributed by atoms with Gasteiger partial charge in [0.1, 0.15) is 11.5 Å². The smallest absolute Gasteiger partial charge is 0.261 e. The second kappa shape index (κ2) is 15.4. The summed E-state index contributed by atoms with van der Waals surface area (Å²) in [6, 6.07) is 25.1. The molecule has 3 aromatic rings. The van der Waals surface area contributed by atoms with Gasteiger partial charge in [0.15, 0.2) is 0 Å². The molecule has 4 rings (SSSR count). The van der Waals surface area contributed by atoms with Gasteiger partial charge in [-0.15, -0.1) is 0 Å². The predicted octanol–water partition coefficient (Wildman–Crippen LogP) is 8.24. The van der Waals surface area contributed by atoms with Crippen LogP contribution < -0.4 is 20.4 Å². The molecule has 1 atom stereocenters. The van der Waals surface area contributed by atoms with Crippen LogP contribution in [0.2, 0.25) is 5.04 Å². The maximum Gasteiger partial charge on any atom is 0.261 e. The molecule has 6 heteroatoms. The summed E-state index contributed by atoms with van der Waals surface area (Å²) < 4.78 is 13.1. The minimum absolute atomic E-state index is 0.0139. The van der Waals surface area contributed by atoms with Gasteiger partial charge in [0.25, 0.3) is 14.2 Å². The van der Waals surface area contributed by atoms with Crippen molar-refractivity contribution < 1.29 is 19.1 Å². The summed E-state index contributed by atoms with van der Waals surface area (Å²) >= 11 is 0. The Morgan fingerprint density at radius 3 is 2.16 bits per heavy atom. The number of rotatable bonds is 5. The highest BCUT2D eigenvalue weighted by Gasteiger charge is 2.51. The summed E-state index contributed by atoms with van der Waals surface area (Å²) in [5.74, 6) is 0.383. The lowest BCUT2D eigenvalue weighted by atomic mass is 10.0. The van der Waals surface area contributed by atoms with Crippen LogP contribution in [0.3, 0.4) is 0 Å². The summed E-state index contributed by atoms with van der Waals surface area (Å²) in [6.45, 7) is 10.8. The zero-order valence-electron chi connectivity index (χ0n) is 27.7. The number of anilines is 1. The molecule has 1 aliphatic heterocycles. The minimum atomic E-state index is -2.72. The Balaban J connectivity index is 1.69. The van der Waals surface area contributed by atoms with E-state index in [2.05, 4.69) is 106 Å². The third-order valence-electron chi connectivity index (χ3n) is 8.64. The van der Waals surface area contributed by atoms with Crippen molar-refractivity contribution >= 4 is 30.3 Å². The molecule has 2 bridgehead atoms. The van der Waals surface area contributed by atoms with Gasteiger partial charge in [-0.2, -0.15) is 0 Å². The lowest BCUT2D eigenvalue weighted by Gasteiger charge is -2.45. The number of hydrogen-bond acceptors (Lipinski definition) is 4. The molecule has 0 radical (unpaired) electrons. The molecule has 1 heterocycles. The molecule has 2 N–H and O–H groups in total. The van der Waals surface area contributed by atoms with Gasteiger partial charge in [0.2, 0.25) is 0 Å². The molecule has 3 aromatic carbocycles. The molecule has 1 unspecified atom stereocenters. The number of amides is 1. The first-order valence-corrected chi connectivity index (χ1v) is 18.0. The molecular formula is C39H49NO4Si. The SMILES string of the molecule is COc1ccc2c(O)c1C/C(C)=C/CCCCC(O[Si](c1ccccc1)(c1ccccc1)C(C)(C)C)C/C=C\C=C(/C)C(=O)N2. The summed E-state index contributed by atoms with van der Waals surface area (Å²) in [5.41, 5.74) is 2.74. The molecule has 0 aromatic heterocycles. The maximum absolute atomic E-state index is 13.1. The first kappa shape index (κ1) is 34.0. The topological polar surface area (TPSA) is 67.8 Å². The Labute approximate surface area is 270 Å². The van der Waals surface area contributed by atoms with Gasteiger partial charge < -0.3 is 19.6 Å². The minimum Gasteiger partial charge on any atom is -0.505 e. The molecule has 1 amide bonds. The van der Waals surface area contributed by atoms with Crippen molar-refractivity contribution in [1.82, 2.24) is 0 Å².